The molecule has 3 N–H and O–H groups in total. The molecule has 2 unspecified atom stereocenters. The minimum absolute atomic E-state index is 0.000473. The second kappa shape index (κ2) is 6.76. The molecule has 0 bridgehead atoms. The Hall–Kier alpha value is -3.54. The summed E-state index contributed by atoms with van der Waals surface area (Å²) >= 11 is 0. The molecule has 30 heavy (non-hydrogen) atoms. The predicted octanol–water partition coefficient (Wildman–Crippen LogP) is 2.95. The molecule has 5 rings (SSSR count). The third-order valence-electron chi connectivity index (χ3n) is 6.12. The van der Waals surface area contributed by atoms with Crippen molar-refractivity contribution in [2.75, 3.05) is 17.7 Å². The summed E-state index contributed by atoms with van der Waals surface area (Å²) in [4.78, 5) is 12.7. The molecule has 0 radical (unpaired) electrons. The van der Waals surface area contributed by atoms with Gasteiger partial charge < -0.3 is 20.4 Å². The van der Waals surface area contributed by atoms with Crippen molar-refractivity contribution in [3.63, 3.8) is 0 Å². The minimum Gasteiger partial charge on any atom is -0.487 e. The normalized spacial score (nSPS) is 22.6. The average molecular weight is 408 g/mol. The molecule has 3 heterocycles. The zero-order chi connectivity index (χ0) is 21.0. The Labute approximate surface area is 171 Å². The van der Waals surface area contributed by atoms with E-state index in [9.17, 15) is 10.1 Å². The fourth-order valence-corrected chi connectivity index (χ4v) is 4.59. The third kappa shape index (κ3) is 2.64. The van der Waals surface area contributed by atoms with E-state index in [-0.39, 0.29) is 46.2 Å². The summed E-state index contributed by atoms with van der Waals surface area (Å²) < 4.78 is 25.0. The van der Waals surface area contributed by atoms with Crippen LogP contribution in [0.25, 0.3) is 10.9 Å². The van der Waals surface area contributed by atoms with Crippen molar-refractivity contribution in [2.24, 2.45) is 0 Å². The number of nitrogen functional groups attached to an aromatic ring is 1. The molecule has 1 aromatic carbocycles. The highest BCUT2D eigenvalue weighted by Crippen LogP contribution is 2.44. The van der Waals surface area contributed by atoms with Gasteiger partial charge in [0, 0.05) is 24.6 Å². The molecule has 3 aromatic rings. The molecule has 0 spiro atoms. The van der Waals surface area contributed by atoms with E-state index in [1.165, 1.54) is 6.20 Å². The molecule has 9 heteroatoms. The van der Waals surface area contributed by atoms with Crippen LogP contribution in [0.15, 0.2) is 29.5 Å². The van der Waals surface area contributed by atoms with Gasteiger partial charge in [0.2, 0.25) is 5.43 Å². The van der Waals surface area contributed by atoms with E-state index in [2.05, 4.69) is 10.4 Å². The number of rotatable bonds is 3. The Kier molecular flexibility index (Phi) is 4.17. The van der Waals surface area contributed by atoms with Crippen LogP contribution in [0.1, 0.15) is 43.8 Å². The van der Waals surface area contributed by atoms with Crippen molar-refractivity contribution in [2.45, 2.75) is 44.3 Å². The van der Waals surface area contributed by atoms with Crippen molar-refractivity contribution >= 4 is 22.3 Å². The molecule has 1 saturated carbocycles. The first kappa shape index (κ1) is 18.5. The Bertz CT molecular complexity index is 1240. The fraction of sp³-hybridized carbons (Fsp3) is 0.381. The van der Waals surface area contributed by atoms with Crippen LogP contribution >= 0.6 is 0 Å². The number of anilines is 2. The van der Waals surface area contributed by atoms with E-state index >= 15 is 4.39 Å². The molecule has 3 atom stereocenters. The molecule has 1 aliphatic heterocycles. The average Bonchev–Trinajstić information content (AvgIpc) is 3.42. The summed E-state index contributed by atoms with van der Waals surface area (Å²) in [5, 5.41) is 16.9. The number of pyridine rings is 1. The summed E-state index contributed by atoms with van der Waals surface area (Å²) in [6, 6.07) is 3.91. The molecular weight excluding hydrogens is 387 g/mol. The number of aromatic nitrogens is 3. The van der Waals surface area contributed by atoms with Gasteiger partial charge >= 0.3 is 0 Å². The number of nitrogens with two attached hydrogens (primary N) is 1. The van der Waals surface area contributed by atoms with E-state index in [0.29, 0.717) is 12.1 Å². The highest BCUT2D eigenvalue weighted by atomic mass is 19.1. The molecular formula is C21H21FN6O2. The third-order valence-corrected chi connectivity index (χ3v) is 6.12. The van der Waals surface area contributed by atoms with E-state index in [1.807, 2.05) is 29.9 Å². The van der Waals surface area contributed by atoms with E-state index in [1.54, 1.807) is 10.8 Å². The van der Waals surface area contributed by atoms with Gasteiger partial charge in [-0.15, -0.1) is 0 Å². The van der Waals surface area contributed by atoms with Gasteiger partial charge in [0.25, 0.3) is 0 Å². The van der Waals surface area contributed by atoms with Gasteiger partial charge in [-0.1, -0.05) is 0 Å². The van der Waals surface area contributed by atoms with Crippen molar-refractivity contribution in [1.82, 2.24) is 14.3 Å². The van der Waals surface area contributed by atoms with Crippen LogP contribution in [0.5, 0.6) is 5.75 Å². The van der Waals surface area contributed by atoms with Gasteiger partial charge in [-0.3, -0.25) is 9.48 Å². The Morgan fingerprint density at radius 3 is 3.00 bits per heavy atom. The van der Waals surface area contributed by atoms with Crippen LogP contribution in [-0.4, -0.2) is 27.0 Å². The van der Waals surface area contributed by atoms with Gasteiger partial charge in [0.15, 0.2) is 11.6 Å². The quantitative estimate of drug-likeness (QED) is 0.645. The van der Waals surface area contributed by atoms with Crippen LogP contribution in [0.4, 0.5) is 15.8 Å². The minimum atomic E-state index is -0.715. The lowest BCUT2D eigenvalue weighted by atomic mass is 10.0. The number of halogens is 1. The second-order valence-corrected chi connectivity index (χ2v) is 8.00. The lowest BCUT2D eigenvalue weighted by Crippen LogP contribution is -2.27. The number of nitrogens with one attached hydrogen (secondary N) is 1. The zero-order valence-corrected chi connectivity index (χ0v) is 16.4. The lowest BCUT2D eigenvalue weighted by Gasteiger charge is -2.30. The summed E-state index contributed by atoms with van der Waals surface area (Å²) in [6.45, 7) is 2.21. The zero-order valence-electron chi connectivity index (χ0n) is 16.4. The SMILES string of the molecule is C[C@H]1COc2c(NC3CCC(n4cccn4)C3)c(F)c(N)c3c(=O)c(C#N)cn1c23. The van der Waals surface area contributed by atoms with Crippen LogP contribution in [0.3, 0.4) is 0 Å². The number of hydrogen-bond acceptors (Lipinski definition) is 6. The molecule has 154 valence electrons. The van der Waals surface area contributed by atoms with Crippen LogP contribution in [0, 0.1) is 17.1 Å². The summed E-state index contributed by atoms with van der Waals surface area (Å²) in [7, 11) is 0. The number of hydrogen-bond donors (Lipinski definition) is 2. The first-order valence-electron chi connectivity index (χ1n) is 9.98. The first-order chi connectivity index (χ1) is 14.5. The maximum absolute atomic E-state index is 15.4. The number of benzene rings is 1. The monoisotopic (exact) mass is 408 g/mol. The maximum Gasteiger partial charge on any atom is 0.209 e. The number of ether oxygens (including phenoxy) is 1. The van der Waals surface area contributed by atoms with Crippen molar-refractivity contribution in [3.05, 3.63) is 46.3 Å². The van der Waals surface area contributed by atoms with Crippen molar-refractivity contribution < 1.29 is 9.13 Å². The van der Waals surface area contributed by atoms with Crippen LogP contribution in [-0.2, 0) is 0 Å². The molecule has 1 aliphatic carbocycles. The number of nitrogens with zero attached hydrogens (tertiary/aromatic N) is 4. The summed E-state index contributed by atoms with van der Waals surface area (Å²) in [5.74, 6) is -0.438. The topological polar surface area (TPSA) is 111 Å². The smallest absolute Gasteiger partial charge is 0.209 e. The summed E-state index contributed by atoms with van der Waals surface area (Å²) in [6.07, 6.45) is 7.74. The second-order valence-electron chi connectivity index (χ2n) is 8.00. The predicted molar refractivity (Wildman–Crippen MR) is 110 cm³/mol. The van der Waals surface area contributed by atoms with Gasteiger partial charge in [-0.05, 0) is 32.3 Å². The largest absolute Gasteiger partial charge is 0.487 e. The van der Waals surface area contributed by atoms with E-state index < -0.39 is 11.2 Å². The van der Waals surface area contributed by atoms with Crippen LogP contribution < -0.4 is 21.2 Å². The molecule has 8 nitrogen and oxygen atoms in total. The Balaban J connectivity index is 1.61. The highest BCUT2D eigenvalue weighted by molar-refractivity contribution is 6.00. The lowest BCUT2D eigenvalue weighted by molar-refractivity contribution is 0.247. The summed E-state index contributed by atoms with van der Waals surface area (Å²) in [5.41, 5.74) is 5.79. The maximum atomic E-state index is 15.4. The first-order valence-corrected chi connectivity index (χ1v) is 9.98. The fourth-order valence-electron chi connectivity index (χ4n) is 4.59. The standard InChI is InChI=1S/C21H21FN6O2/c1-11-10-30-21-18(26-13-3-4-14(7-13)28-6-2-5-25-28)16(22)17(24)15-19(21)27(11)9-12(8-23)20(15)29/h2,5-6,9,11,13-14,26H,3-4,7,10,24H2,1H3/t11-,13?,14?/m0/s1. The van der Waals surface area contributed by atoms with Gasteiger partial charge in [0.1, 0.15) is 23.9 Å². The Morgan fingerprint density at radius 1 is 1.43 bits per heavy atom. The molecule has 0 amide bonds. The number of nitriles is 1. The van der Waals surface area contributed by atoms with E-state index in [0.717, 1.165) is 19.3 Å². The molecule has 1 fully saturated rings. The van der Waals surface area contributed by atoms with Crippen molar-refractivity contribution in [1.29, 1.82) is 5.26 Å². The molecule has 0 saturated heterocycles. The molecule has 2 aromatic heterocycles. The van der Waals surface area contributed by atoms with Gasteiger partial charge in [0.05, 0.1) is 28.7 Å². The van der Waals surface area contributed by atoms with Gasteiger partial charge in [-0.25, -0.2) is 4.39 Å². The van der Waals surface area contributed by atoms with E-state index in [4.69, 9.17) is 10.5 Å². The molecule has 2 aliphatic rings. The highest BCUT2D eigenvalue weighted by Gasteiger charge is 2.32. The van der Waals surface area contributed by atoms with Gasteiger partial charge in [-0.2, -0.15) is 10.4 Å². The van der Waals surface area contributed by atoms with Crippen LogP contribution in [0.2, 0.25) is 0 Å². The Morgan fingerprint density at radius 2 is 2.27 bits per heavy atom. The van der Waals surface area contributed by atoms with Crippen molar-refractivity contribution in [3.8, 4) is 11.8 Å².